The molecular weight excluding hydrogens is 258 g/mol. The third-order valence-electron chi connectivity index (χ3n) is 3.84. The van der Waals surface area contributed by atoms with E-state index in [-0.39, 0.29) is 11.5 Å². The number of benzene rings is 2. The quantitative estimate of drug-likeness (QED) is 0.900. The first kappa shape index (κ1) is 15.7. The van der Waals surface area contributed by atoms with E-state index in [0.717, 1.165) is 11.1 Å². The van der Waals surface area contributed by atoms with Crippen LogP contribution in [-0.4, -0.2) is 11.1 Å². The Bertz CT molecular complexity index is 554. The van der Waals surface area contributed by atoms with Crippen LogP contribution < -0.4 is 5.73 Å². The first-order chi connectivity index (χ1) is 9.88. The van der Waals surface area contributed by atoms with Gasteiger partial charge in [0.2, 0.25) is 0 Å². The van der Waals surface area contributed by atoms with E-state index >= 15 is 0 Å². The van der Waals surface area contributed by atoms with Crippen molar-refractivity contribution in [2.45, 2.75) is 44.8 Å². The highest BCUT2D eigenvalue weighted by atomic mass is 16.3. The van der Waals surface area contributed by atoms with E-state index in [0.29, 0.717) is 6.42 Å². The van der Waals surface area contributed by atoms with Crippen LogP contribution in [0.1, 0.15) is 43.6 Å². The second-order valence-electron chi connectivity index (χ2n) is 6.67. The van der Waals surface area contributed by atoms with Crippen molar-refractivity contribution in [3.8, 4) is 0 Å². The SMILES string of the molecule is CC(C)(C)c1ccc(C(O)C(N)Cc2ccccc2)cc1. The summed E-state index contributed by atoms with van der Waals surface area (Å²) in [6, 6.07) is 17.9. The van der Waals surface area contributed by atoms with Gasteiger partial charge in [0.25, 0.3) is 0 Å². The monoisotopic (exact) mass is 283 g/mol. The van der Waals surface area contributed by atoms with Crippen molar-refractivity contribution in [2.24, 2.45) is 5.73 Å². The third-order valence-corrected chi connectivity index (χ3v) is 3.84. The van der Waals surface area contributed by atoms with Crippen molar-refractivity contribution in [3.05, 3.63) is 71.3 Å². The van der Waals surface area contributed by atoms with Crippen molar-refractivity contribution < 1.29 is 5.11 Å². The summed E-state index contributed by atoms with van der Waals surface area (Å²) in [4.78, 5) is 0. The van der Waals surface area contributed by atoms with Gasteiger partial charge in [-0.15, -0.1) is 0 Å². The average Bonchev–Trinajstić information content (AvgIpc) is 2.46. The van der Waals surface area contributed by atoms with E-state index < -0.39 is 6.10 Å². The first-order valence-electron chi connectivity index (χ1n) is 7.46. The molecule has 2 aromatic rings. The van der Waals surface area contributed by atoms with Gasteiger partial charge in [0.05, 0.1) is 6.10 Å². The summed E-state index contributed by atoms with van der Waals surface area (Å²) in [6.45, 7) is 6.54. The molecule has 0 aliphatic heterocycles. The van der Waals surface area contributed by atoms with Crippen LogP contribution in [0.4, 0.5) is 0 Å². The molecule has 0 fully saturated rings. The normalized spacial score (nSPS) is 14.7. The van der Waals surface area contributed by atoms with Gasteiger partial charge in [0, 0.05) is 6.04 Å². The van der Waals surface area contributed by atoms with Crippen LogP contribution >= 0.6 is 0 Å². The second-order valence-corrected chi connectivity index (χ2v) is 6.67. The van der Waals surface area contributed by atoms with Gasteiger partial charge in [-0.3, -0.25) is 0 Å². The molecular formula is C19H25NO. The predicted molar refractivity (Wildman–Crippen MR) is 88.2 cm³/mol. The summed E-state index contributed by atoms with van der Waals surface area (Å²) < 4.78 is 0. The van der Waals surface area contributed by atoms with Crippen molar-refractivity contribution in [2.75, 3.05) is 0 Å². The number of nitrogens with two attached hydrogens (primary N) is 1. The highest BCUT2D eigenvalue weighted by Crippen LogP contribution is 2.25. The number of aliphatic hydroxyl groups excluding tert-OH is 1. The van der Waals surface area contributed by atoms with Gasteiger partial charge in [-0.1, -0.05) is 75.4 Å². The summed E-state index contributed by atoms with van der Waals surface area (Å²) in [7, 11) is 0. The minimum atomic E-state index is -0.640. The number of hydrogen-bond acceptors (Lipinski definition) is 2. The summed E-state index contributed by atoms with van der Waals surface area (Å²) in [5.74, 6) is 0. The summed E-state index contributed by atoms with van der Waals surface area (Å²) in [5, 5.41) is 10.4. The Kier molecular flexibility index (Phi) is 4.81. The van der Waals surface area contributed by atoms with Crippen molar-refractivity contribution in [3.63, 3.8) is 0 Å². The third kappa shape index (κ3) is 4.16. The van der Waals surface area contributed by atoms with Gasteiger partial charge in [-0.25, -0.2) is 0 Å². The lowest BCUT2D eigenvalue weighted by Crippen LogP contribution is -2.30. The Labute approximate surface area is 127 Å². The molecule has 0 aliphatic carbocycles. The molecule has 0 aromatic heterocycles. The van der Waals surface area contributed by atoms with E-state index in [1.165, 1.54) is 5.56 Å². The molecule has 0 saturated heterocycles. The zero-order valence-corrected chi connectivity index (χ0v) is 13.1. The predicted octanol–water partition coefficient (Wildman–Crippen LogP) is 3.59. The fraction of sp³-hybridized carbons (Fsp3) is 0.368. The Balaban J connectivity index is 2.07. The molecule has 112 valence electrons. The Hall–Kier alpha value is -1.64. The van der Waals surface area contributed by atoms with Crippen LogP contribution in [0.25, 0.3) is 0 Å². The zero-order valence-electron chi connectivity index (χ0n) is 13.1. The molecule has 2 atom stereocenters. The molecule has 2 unspecified atom stereocenters. The van der Waals surface area contributed by atoms with Crippen LogP contribution in [0.2, 0.25) is 0 Å². The molecule has 0 aliphatic rings. The standard InChI is InChI=1S/C19H25NO/c1-19(2,3)16-11-9-15(10-12-16)18(21)17(20)13-14-7-5-4-6-8-14/h4-12,17-18,21H,13,20H2,1-3H3. The summed E-state index contributed by atoms with van der Waals surface area (Å²) >= 11 is 0. The number of rotatable bonds is 4. The lowest BCUT2D eigenvalue weighted by atomic mass is 9.86. The highest BCUT2D eigenvalue weighted by molar-refractivity contribution is 5.29. The fourth-order valence-corrected chi connectivity index (χ4v) is 2.43. The van der Waals surface area contributed by atoms with Crippen LogP contribution in [0.3, 0.4) is 0 Å². The molecule has 2 rings (SSSR count). The minimum absolute atomic E-state index is 0.121. The lowest BCUT2D eigenvalue weighted by Gasteiger charge is -2.22. The average molecular weight is 283 g/mol. The van der Waals surface area contributed by atoms with Gasteiger partial charge in [0.1, 0.15) is 0 Å². The molecule has 21 heavy (non-hydrogen) atoms. The number of hydrogen-bond donors (Lipinski definition) is 2. The van der Waals surface area contributed by atoms with Gasteiger partial charge in [0.15, 0.2) is 0 Å². The van der Waals surface area contributed by atoms with Crippen molar-refractivity contribution in [1.29, 1.82) is 0 Å². The molecule has 2 nitrogen and oxygen atoms in total. The molecule has 2 heteroatoms. The van der Waals surface area contributed by atoms with Crippen LogP contribution in [0, 0.1) is 0 Å². The molecule has 0 saturated carbocycles. The van der Waals surface area contributed by atoms with E-state index in [2.05, 4.69) is 32.9 Å². The van der Waals surface area contributed by atoms with Crippen molar-refractivity contribution in [1.82, 2.24) is 0 Å². The highest BCUT2D eigenvalue weighted by Gasteiger charge is 2.19. The topological polar surface area (TPSA) is 46.2 Å². The molecule has 0 amide bonds. The molecule has 0 spiro atoms. The molecule has 3 N–H and O–H groups in total. The van der Waals surface area contributed by atoms with E-state index in [1.54, 1.807) is 0 Å². The van der Waals surface area contributed by atoms with Gasteiger partial charge in [-0.2, -0.15) is 0 Å². The first-order valence-corrected chi connectivity index (χ1v) is 7.46. The van der Waals surface area contributed by atoms with Gasteiger partial charge in [-0.05, 0) is 28.5 Å². The van der Waals surface area contributed by atoms with Crippen molar-refractivity contribution >= 4 is 0 Å². The second kappa shape index (κ2) is 6.42. The largest absolute Gasteiger partial charge is 0.387 e. The Morgan fingerprint density at radius 3 is 2.05 bits per heavy atom. The van der Waals surface area contributed by atoms with Gasteiger partial charge >= 0.3 is 0 Å². The van der Waals surface area contributed by atoms with E-state index in [9.17, 15) is 5.11 Å². The van der Waals surface area contributed by atoms with E-state index in [1.807, 2.05) is 42.5 Å². The van der Waals surface area contributed by atoms with Crippen LogP contribution in [0.5, 0.6) is 0 Å². The zero-order chi connectivity index (χ0) is 15.5. The minimum Gasteiger partial charge on any atom is -0.387 e. The maximum atomic E-state index is 10.4. The summed E-state index contributed by atoms with van der Waals surface area (Å²) in [6.07, 6.45) is 0.0301. The van der Waals surface area contributed by atoms with E-state index in [4.69, 9.17) is 5.73 Å². The fourth-order valence-electron chi connectivity index (χ4n) is 2.43. The maximum absolute atomic E-state index is 10.4. The molecule has 2 aromatic carbocycles. The molecule has 0 bridgehead atoms. The maximum Gasteiger partial charge on any atom is 0.0944 e. The Morgan fingerprint density at radius 2 is 1.52 bits per heavy atom. The Morgan fingerprint density at radius 1 is 0.952 bits per heavy atom. The summed E-state index contributed by atoms with van der Waals surface area (Å²) in [5.41, 5.74) is 9.56. The van der Waals surface area contributed by atoms with Gasteiger partial charge < -0.3 is 10.8 Å². The van der Waals surface area contributed by atoms with Crippen LogP contribution in [-0.2, 0) is 11.8 Å². The smallest absolute Gasteiger partial charge is 0.0944 e. The molecule has 0 heterocycles. The van der Waals surface area contributed by atoms with Crippen LogP contribution in [0.15, 0.2) is 54.6 Å². The molecule has 0 radical (unpaired) electrons. The number of aliphatic hydroxyl groups is 1. The lowest BCUT2D eigenvalue weighted by molar-refractivity contribution is 0.146.